The van der Waals surface area contributed by atoms with Crippen LogP contribution in [-0.2, 0) is 0 Å². The molecule has 0 fully saturated rings. The molecule has 0 unspecified atom stereocenters. The van der Waals surface area contributed by atoms with E-state index in [2.05, 4.69) is 4.74 Å². The van der Waals surface area contributed by atoms with Crippen LogP contribution in [0.1, 0.15) is 5.56 Å². The number of hydrogen-bond donors (Lipinski definition) is 1. The van der Waals surface area contributed by atoms with Crippen molar-refractivity contribution in [1.29, 1.82) is 5.26 Å². The van der Waals surface area contributed by atoms with Crippen LogP contribution in [0.4, 0.5) is 18.9 Å². The third-order valence-corrected chi connectivity index (χ3v) is 2.42. The van der Waals surface area contributed by atoms with E-state index in [0.29, 0.717) is 17.1 Å². The van der Waals surface area contributed by atoms with Crippen molar-refractivity contribution in [2.75, 3.05) is 5.73 Å². The van der Waals surface area contributed by atoms with Crippen molar-refractivity contribution in [2.45, 2.75) is 6.36 Å². The van der Waals surface area contributed by atoms with Gasteiger partial charge < -0.3 is 15.2 Å². The van der Waals surface area contributed by atoms with Crippen LogP contribution in [-0.4, -0.2) is 6.36 Å². The number of rotatable bonds is 3. The molecule has 0 radical (unpaired) electrons. The zero-order chi connectivity index (χ0) is 15.5. The van der Waals surface area contributed by atoms with E-state index in [1.54, 1.807) is 0 Å². The van der Waals surface area contributed by atoms with Gasteiger partial charge in [-0.05, 0) is 42.5 Å². The van der Waals surface area contributed by atoms with Gasteiger partial charge in [0.1, 0.15) is 17.2 Å². The Morgan fingerprint density at radius 2 is 1.62 bits per heavy atom. The maximum atomic E-state index is 12.0. The molecule has 0 amide bonds. The smallest absolute Gasteiger partial charge is 0.455 e. The van der Waals surface area contributed by atoms with Crippen LogP contribution in [0.2, 0.25) is 0 Å². The third-order valence-electron chi connectivity index (χ3n) is 2.42. The van der Waals surface area contributed by atoms with Crippen molar-refractivity contribution < 1.29 is 22.6 Å². The molecule has 2 N–H and O–H groups in total. The van der Waals surface area contributed by atoms with Gasteiger partial charge >= 0.3 is 6.36 Å². The zero-order valence-corrected chi connectivity index (χ0v) is 10.5. The van der Waals surface area contributed by atoms with Crippen LogP contribution in [0.15, 0.2) is 42.5 Å². The molecular formula is C14H9F3N2O2. The summed E-state index contributed by atoms with van der Waals surface area (Å²) in [6, 6.07) is 11.3. The van der Waals surface area contributed by atoms with Crippen LogP contribution in [0, 0.1) is 11.3 Å². The molecule has 0 aromatic heterocycles. The van der Waals surface area contributed by atoms with Gasteiger partial charge in [-0.15, -0.1) is 13.2 Å². The summed E-state index contributed by atoms with van der Waals surface area (Å²) < 4.78 is 45.2. The number of nitriles is 1. The highest BCUT2D eigenvalue weighted by Crippen LogP contribution is 2.30. The Labute approximate surface area is 118 Å². The van der Waals surface area contributed by atoms with Gasteiger partial charge in [0.2, 0.25) is 0 Å². The quantitative estimate of drug-likeness (QED) is 0.873. The molecular weight excluding hydrogens is 285 g/mol. The van der Waals surface area contributed by atoms with E-state index >= 15 is 0 Å². The van der Waals surface area contributed by atoms with Gasteiger partial charge in [0.25, 0.3) is 0 Å². The summed E-state index contributed by atoms with van der Waals surface area (Å²) in [5.74, 6) is 0.252. The molecule has 7 heteroatoms. The fourth-order valence-corrected chi connectivity index (χ4v) is 1.55. The van der Waals surface area contributed by atoms with Crippen molar-refractivity contribution in [2.24, 2.45) is 0 Å². The first kappa shape index (κ1) is 14.5. The Kier molecular flexibility index (Phi) is 3.89. The fraction of sp³-hybridized carbons (Fsp3) is 0.0714. The number of nitrogens with zero attached hydrogens (tertiary/aromatic N) is 1. The molecule has 0 atom stereocenters. The summed E-state index contributed by atoms with van der Waals surface area (Å²) in [5, 5.41) is 8.71. The van der Waals surface area contributed by atoms with Crippen LogP contribution >= 0.6 is 0 Å². The Morgan fingerprint density at radius 3 is 2.14 bits per heavy atom. The van der Waals surface area contributed by atoms with Gasteiger partial charge in [0.05, 0.1) is 17.3 Å². The van der Waals surface area contributed by atoms with Gasteiger partial charge in [0.15, 0.2) is 0 Å². The summed E-state index contributed by atoms with van der Waals surface area (Å²) >= 11 is 0. The molecule has 0 aliphatic heterocycles. The summed E-state index contributed by atoms with van der Waals surface area (Å²) in [6.45, 7) is 0. The minimum Gasteiger partial charge on any atom is -0.455 e. The monoisotopic (exact) mass is 294 g/mol. The Balaban J connectivity index is 2.12. The first-order chi connectivity index (χ1) is 9.87. The first-order valence-electron chi connectivity index (χ1n) is 5.71. The van der Waals surface area contributed by atoms with Crippen molar-refractivity contribution in [3.05, 3.63) is 48.0 Å². The van der Waals surface area contributed by atoms with Gasteiger partial charge in [-0.25, -0.2) is 0 Å². The van der Waals surface area contributed by atoms with E-state index < -0.39 is 6.36 Å². The number of benzene rings is 2. The molecule has 0 aliphatic rings. The van der Waals surface area contributed by atoms with Crippen molar-refractivity contribution >= 4 is 5.69 Å². The van der Waals surface area contributed by atoms with Crippen LogP contribution in [0.5, 0.6) is 17.2 Å². The summed E-state index contributed by atoms with van der Waals surface area (Å²) in [5.41, 5.74) is 6.35. The topological polar surface area (TPSA) is 68.3 Å². The van der Waals surface area contributed by atoms with Crippen LogP contribution in [0.25, 0.3) is 0 Å². The van der Waals surface area contributed by atoms with Gasteiger partial charge in [-0.3, -0.25) is 0 Å². The number of hydrogen-bond acceptors (Lipinski definition) is 4. The molecule has 2 aromatic carbocycles. The van der Waals surface area contributed by atoms with Crippen molar-refractivity contribution in [3.63, 3.8) is 0 Å². The number of halogens is 3. The molecule has 0 spiro atoms. The van der Waals surface area contributed by atoms with Gasteiger partial charge in [-0.1, -0.05) is 0 Å². The average molecular weight is 294 g/mol. The second kappa shape index (κ2) is 5.63. The highest BCUT2D eigenvalue weighted by atomic mass is 19.4. The molecule has 0 aliphatic carbocycles. The molecule has 2 aromatic rings. The summed E-state index contributed by atoms with van der Waals surface area (Å²) in [4.78, 5) is 0. The van der Waals surface area contributed by atoms with E-state index in [1.165, 1.54) is 30.3 Å². The minimum absolute atomic E-state index is 0.254. The Hall–Kier alpha value is -2.88. The lowest BCUT2D eigenvalue weighted by Crippen LogP contribution is -2.16. The largest absolute Gasteiger partial charge is 0.573 e. The zero-order valence-electron chi connectivity index (χ0n) is 10.5. The Bertz CT molecular complexity index is 676. The van der Waals surface area contributed by atoms with Gasteiger partial charge in [0, 0.05) is 0 Å². The maximum absolute atomic E-state index is 12.0. The summed E-state index contributed by atoms with van der Waals surface area (Å²) in [6.07, 6.45) is -4.74. The molecule has 21 heavy (non-hydrogen) atoms. The second-order valence-corrected chi connectivity index (χ2v) is 3.99. The molecule has 108 valence electrons. The number of nitrogen functional groups attached to an aromatic ring is 1. The lowest BCUT2D eigenvalue weighted by Gasteiger charge is -2.11. The molecule has 2 rings (SSSR count). The lowest BCUT2D eigenvalue weighted by molar-refractivity contribution is -0.274. The number of anilines is 1. The number of ether oxygens (including phenoxy) is 2. The van der Waals surface area contributed by atoms with E-state index in [1.807, 2.05) is 6.07 Å². The molecule has 0 bridgehead atoms. The SMILES string of the molecule is N#Cc1ccc(Oc2ccc(OC(F)(F)F)cc2)c(N)c1. The molecule has 0 saturated carbocycles. The standard InChI is InChI=1S/C14H9F3N2O2/c15-14(16,17)21-11-4-2-10(3-5-11)20-13-6-1-9(8-18)7-12(13)19/h1-7H,19H2. The van der Waals surface area contributed by atoms with Crippen LogP contribution in [0.3, 0.4) is 0 Å². The number of alkyl halides is 3. The van der Waals surface area contributed by atoms with E-state index in [9.17, 15) is 13.2 Å². The highest BCUT2D eigenvalue weighted by molar-refractivity contribution is 5.57. The van der Waals surface area contributed by atoms with Crippen molar-refractivity contribution in [3.8, 4) is 23.3 Å². The predicted molar refractivity (Wildman–Crippen MR) is 68.8 cm³/mol. The molecule has 0 saturated heterocycles. The fourth-order valence-electron chi connectivity index (χ4n) is 1.55. The average Bonchev–Trinajstić information content (AvgIpc) is 2.41. The Morgan fingerprint density at radius 1 is 1.00 bits per heavy atom. The molecule has 0 heterocycles. The third kappa shape index (κ3) is 4.04. The van der Waals surface area contributed by atoms with E-state index in [-0.39, 0.29) is 11.4 Å². The molecule has 4 nitrogen and oxygen atoms in total. The van der Waals surface area contributed by atoms with Crippen LogP contribution < -0.4 is 15.2 Å². The normalized spacial score (nSPS) is 10.8. The first-order valence-corrected chi connectivity index (χ1v) is 5.71. The number of nitrogens with two attached hydrogens (primary N) is 1. The van der Waals surface area contributed by atoms with E-state index in [0.717, 1.165) is 12.1 Å². The van der Waals surface area contributed by atoms with Gasteiger partial charge in [-0.2, -0.15) is 5.26 Å². The van der Waals surface area contributed by atoms with E-state index in [4.69, 9.17) is 15.7 Å². The minimum atomic E-state index is -4.74. The highest BCUT2D eigenvalue weighted by Gasteiger charge is 2.30. The second-order valence-electron chi connectivity index (χ2n) is 3.99. The van der Waals surface area contributed by atoms with Crippen molar-refractivity contribution in [1.82, 2.24) is 0 Å². The maximum Gasteiger partial charge on any atom is 0.573 e. The lowest BCUT2D eigenvalue weighted by atomic mass is 10.2. The predicted octanol–water partition coefficient (Wildman–Crippen LogP) is 3.83. The summed E-state index contributed by atoms with van der Waals surface area (Å²) in [7, 11) is 0.